The number of nitrogens with one attached hydrogen (secondary N) is 2. The van der Waals surface area contributed by atoms with Gasteiger partial charge in [0.25, 0.3) is 0 Å². The molecule has 5 nitrogen and oxygen atoms in total. The molecule has 1 aromatic carbocycles. The van der Waals surface area contributed by atoms with Crippen LogP contribution in [0.2, 0.25) is 0 Å². The standard InChI is InChI=1S/C19H26N2O3/c1-11(2)17(21-19(22)20-15-9-10-23-13(15)4)18-12(3)14-7-5-6-8-16(14)24-18/h5-8,11,13,15,17H,9-10H2,1-4H3,(H2,20,21,22). The third-order valence-corrected chi connectivity index (χ3v) is 4.81. The van der Waals surface area contributed by atoms with Crippen molar-refractivity contribution in [2.75, 3.05) is 6.61 Å². The number of hydrogen-bond donors (Lipinski definition) is 2. The quantitative estimate of drug-likeness (QED) is 0.893. The number of aryl methyl sites for hydroxylation is 1. The van der Waals surface area contributed by atoms with Crippen LogP contribution < -0.4 is 10.6 Å². The minimum atomic E-state index is -0.171. The third kappa shape index (κ3) is 3.26. The van der Waals surface area contributed by atoms with E-state index in [1.165, 1.54) is 0 Å². The summed E-state index contributed by atoms with van der Waals surface area (Å²) >= 11 is 0. The minimum absolute atomic E-state index is 0.0567. The number of furan rings is 1. The zero-order valence-corrected chi connectivity index (χ0v) is 14.8. The number of carbonyl (C=O) groups is 1. The van der Waals surface area contributed by atoms with Crippen molar-refractivity contribution < 1.29 is 13.9 Å². The van der Waals surface area contributed by atoms with Crippen LogP contribution >= 0.6 is 0 Å². The van der Waals surface area contributed by atoms with Crippen LogP contribution in [0.1, 0.15) is 44.6 Å². The molecule has 0 saturated carbocycles. The fraction of sp³-hybridized carbons (Fsp3) is 0.526. The first kappa shape index (κ1) is 16.8. The van der Waals surface area contributed by atoms with Crippen molar-refractivity contribution >= 4 is 17.0 Å². The van der Waals surface area contributed by atoms with E-state index in [9.17, 15) is 4.79 Å². The summed E-state index contributed by atoms with van der Waals surface area (Å²) in [6.45, 7) is 8.89. The summed E-state index contributed by atoms with van der Waals surface area (Å²) in [7, 11) is 0. The fourth-order valence-electron chi connectivity index (χ4n) is 3.30. The highest BCUT2D eigenvalue weighted by Gasteiger charge is 2.29. The average molecular weight is 330 g/mol. The Kier molecular flexibility index (Phi) is 4.81. The van der Waals surface area contributed by atoms with Gasteiger partial charge >= 0.3 is 6.03 Å². The second-order valence-electron chi connectivity index (χ2n) is 6.90. The van der Waals surface area contributed by atoms with Crippen LogP contribution in [0, 0.1) is 12.8 Å². The number of ether oxygens (including phenoxy) is 1. The molecule has 2 heterocycles. The van der Waals surface area contributed by atoms with Crippen molar-refractivity contribution in [1.29, 1.82) is 0 Å². The summed E-state index contributed by atoms with van der Waals surface area (Å²) in [4.78, 5) is 12.4. The summed E-state index contributed by atoms with van der Waals surface area (Å²) in [6.07, 6.45) is 0.908. The average Bonchev–Trinajstić information content (AvgIpc) is 3.09. The molecule has 0 bridgehead atoms. The Morgan fingerprint density at radius 3 is 2.67 bits per heavy atom. The van der Waals surface area contributed by atoms with Crippen molar-refractivity contribution in [3.8, 4) is 0 Å². The first-order valence-electron chi connectivity index (χ1n) is 8.64. The highest BCUT2D eigenvalue weighted by molar-refractivity contribution is 5.82. The molecule has 3 atom stereocenters. The Labute approximate surface area is 142 Å². The lowest BCUT2D eigenvalue weighted by atomic mass is 9.98. The van der Waals surface area contributed by atoms with Crippen LogP contribution in [0.25, 0.3) is 11.0 Å². The summed E-state index contributed by atoms with van der Waals surface area (Å²) < 4.78 is 11.5. The molecule has 1 aliphatic heterocycles. The van der Waals surface area contributed by atoms with Gasteiger partial charge in [0.05, 0.1) is 18.2 Å². The van der Waals surface area contributed by atoms with Gasteiger partial charge in [0, 0.05) is 17.6 Å². The lowest BCUT2D eigenvalue weighted by molar-refractivity contribution is 0.114. The second-order valence-corrected chi connectivity index (χ2v) is 6.90. The predicted molar refractivity (Wildman–Crippen MR) is 94.0 cm³/mol. The number of fused-ring (bicyclic) bond motifs is 1. The molecule has 0 spiro atoms. The van der Waals surface area contributed by atoms with E-state index in [2.05, 4.69) is 24.5 Å². The first-order valence-corrected chi connectivity index (χ1v) is 8.64. The van der Waals surface area contributed by atoms with E-state index < -0.39 is 0 Å². The van der Waals surface area contributed by atoms with Crippen LogP contribution in [0.4, 0.5) is 4.79 Å². The summed E-state index contributed by atoms with van der Waals surface area (Å²) in [5.41, 5.74) is 1.94. The molecule has 0 radical (unpaired) electrons. The Balaban J connectivity index is 1.79. The van der Waals surface area contributed by atoms with E-state index in [-0.39, 0.29) is 30.1 Å². The monoisotopic (exact) mass is 330 g/mol. The van der Waals surface area contributed by atoms with Crippen LogP contribution in [0.5, 0.6) is 0 Å². The van der Waals surface area contributed by atoms with Crippen molar-refractivity contribution in [2.24, 2.45) is 5.92 Å². The van der Waals surface area contributed by atoms with Gasteiger partial charge in [-0.1, -0.05) is 32.0 Å². The van der Waals surface area contributed by atoms with Gasteiger partial charge in [-0.3, -0.25) is 0 Å². The molecule has 2 N–H and O–H groups in total. The zero-order valence-electron chi connectivity index (χ0n) is 14.8. The minimum Gasteiger partial charge on any atom is -0.459 e. The second kappa shape index (κ2) is 6.85. The van der Waals surface area contributed by atoms with E-state index in [4.69, 9.17) is 9.15 Å². The van der Waals surface area contributed by atoms with E-state index in [0.29, 0.717) is 6.61 Å². The van der Waals surface area contributed by atoms with Gasteiger partial charge in [-0.25, -0.2) is 4.79 Å². The van der Waals surface area contributed by atoms with E-state index in [1.807, 2.05) is 38.1 Å². The molecule has 3 rings (SSSR count). The third-order valence-electron chi connectivity index (χ3n) is 4.81. The number of carbonyl (C=O) groups excluding carboxylic acids is 1. The molecule has 130 valence electrons. The maximum absolute atomic E-state index is 12.4. The topological polar surface area (TPSA) is 63.5 Å². The zero-order chi connectivity index (χ0) is 17.3. The van der Waals surface area contributed by atoms with Crippen LogP contribution in [0.15, 0.2) is 28.7 Å². The SMILES string of the molecule is Cc1c(C(NC(=O)NC2CCOC2C)C(C)C)oc2ccccc12. The highest BCUT2D eigenvalue weighted by Crippen LogP contribution is 2.32. The maximum atomic E-state index is 12.4. The Hall–Kier alpha value is -2.01. The molecule has 5 heteroatoms. The predicted octanol–water partition coefficient (Wildman–Crippen LogP) is 3.91. The maximum Gasteiger partial charge on any atom is 0.315 e. The molecule has 24 heavy (non-hydrogen) atoms. The molecule has 2 amide bonds. The molecular weight excluding hydrogens is 304 g/mol. The Morgan fingerprint density at radius 2 is 2.04 bits per heavy atom. The van der Waals surface area contributed by atoms with Gasteiger partial charge < -0.3 is 19.8 Å². The van der Waals surface area contributed by atoms with Crippen molar-refractivity contribution in [1.82, 2.24) is 10.6 Å². The first-order chi connectivity index (χ1) is 11.5. The molecule has 0 aliphatic carbocycles. The number of hydrogen-bond acceptors (Lipinski definition) is 3. The van der Waals surface area contributed by atoms with E-state index in [0.717, 1.165) is 28.7 Å². The smallest absolute Gasteiger partial charge is 0.315 e. The number of urea groups is 1. The van der Waals surface area contributed by atoms with Gasteiger partial charge in [0.1, 0.15) is 11.3 Å². The lowest BCUT2D eigenvalue weighted by Gasteiger charge is -2.23. The normalized spacial score (nSPS) is 22.0. The highest BCUT2D eigenvalue weighted by atomic mass is 16.5. The largest absolute Gasteiger partial charge is 0.459 e. The van der Waals surface area contributed by atoms with Crippen molar-refractivity contribution in [3.05, 3.63) is 35.6 Å². The number of benzene rings is 1. The van der Waals surface area contributed by atoms with Gasteiger partial charge in [-0.15, -0.1) is 0 Å². The van der Waals surface area contributed by atoms with E-state index in [1.54, 1.807) is 0 Å². The lowest BCUT2D eigenvalue weighted by Crippen LogP contribution is -2.46. The number of rotatable bonds is 4. The number of para-hydroxylation sites is 1. The van der Waals surface area contributed by atoms with Gasteiger partial charge in [0.15, 0.2) is 0 Å². The van der Waals surface area contributed by atoms with Crippen molar-refractivity contribution in [2.45, 2.75) is 52.3 Å². The molecule has 3 unspecified atom stereocenters. The van der Waals surface area contributed by atoms with Gasteiger partial charge in [0.2, 0.25) is 0 Å². The fourth-order valence-corrected chi connectivity index (χ4v) is 3.30. The molecule has 2 aromatic rings. The van der Waals surface area contributed by atoms with Crippen LogP contribution in [-0.2, 0) is 4.74 Å². The molecule has 1 fully saturated rings. The van der Waals surface area contributed by atoms with Gasteiger partial charge in [-0.05, 0) is 32.3 Å². The molecule has 1 aromatic heterocycles. The van der Waals surface area contributed by atoms with Crippen LogP contribution in [-0.4, -0.2) is 24.8 Å². The summed E-state index contributed by atoms with van der Waals surface area (Å²) in [6, 6.07) is 7.69. The number of amides is 2. The Morgan fingerprint density at radius 1 is 1.29 bits per heavy atom. The molecular formula is C19H26N2O3. The molecule has 1 saturated heterocycles. The van der Waals surface area contributed by atoms with Crippen molar-refractivity contribution in [3.63, 3.8) is 0 Å². The summed E-state index contributed by atoms with van der Waals surface area (Å²) in [5.74, 6) is 1.05. The van der Waals surface area contributed by atoms with E-state index >= 15 is 0 Å². The summed E-state index contributed by atoms with van der Waals surface area (Å²) in [5, 5.41) is 7.20. The van der Waals surface area contributed by atoms with Gasteiger partial charge in [-0.2, -0.15) is 0 Å². The Bertz CT molecular complexity index is 722. The molecule has 1 aliphatic rings. The van der Waals surface area contributed by atoms with Crippen LogP contribution in [0.3, 0.4) is 0 Å².